The third-order valence-corrected chi connectivity index (χ3v) is 7.62. The molecule has 10 nitrogen and oxygen atoms in total. The molecule has 35 heavy (non-hydrogen) atoms. The van der Waals surface area contributed by atoms with Crippen molar-refractivity contribution in [2.45, 2.75) is 4.90 Å². The lowest BCUT2D eigenvalue weighted by Gasteiger charge is -2.35. The number of ether oxygens (including phenoxy) is 1. The molecule has 11 heteroatoms. The van der Waals surface area contributed by atoms with Crippen LogP contribution in [0.25, 0.3) is 5.69 Å². The third-order valence-electron chi connectivity index (χ3n) is 5.73. The first-order valence-electron chi connectivity index (χ1n) is 11.0. The second-order valence-electron chi connectivity index (χ2n) is 7.89. The predicted octanol–water partition coefficient (Wildman–Crippen LogP) is 2.39. The molecule has 0 N–H and O–H groups in total. The number of rotatable bonds is 6. The van der Waals surface area contributed by atoms with E-state index in [2.05, 4.69) is 20.4 Å². The van der Waals surface area contributed by atoms with Crippen molar-refractivity contribution in [3.05, 3.63) is 90.8 Å². The van der Waals surface area contributed by atoms with Gasteiger partial charge in [-0.25, -0.2) is 17.9 Å². The number of carbonyl (C=O) groups excluding carboxylic acids is 1. The highest BCUT2D eigenvalue weighted by Gasteiger charge is 2.29. The smallest absolute Gasteiger partial charge is 0.343 e. The van der Waals surface area contributed by atoms with Gasteiger partial charge in [0.15, 0.2) is 0 Å². The zero-order valence-corrected chi connectivity index (χ0v) is 19.5. The summed E-state index contributed by atoms with van der Waals surface area (Å²) in [5, 5.41) is 11.0. The topological polar surface area (TPSA) is 111 Å². The Kier molecular flexibility index (Phi) is 6.25. The molecule has 3 aromatic carbocycles. The molecule has 0 unspecified atom stereocenters. The normalized spacial score (nSPS) is 14.6. The second-order valence-corrected chi connectivity index (χ2v) is 9.83. The van der Waals surface area contributed by atoms with E-state index in [1.807, 2.05) is 30.3 Å². The third kappa shape index (κ3) is 4.91. The maximum absolute atomic E-state index is 13.3. The van der Waals surface area contributed by atoms with Crippen molar-refractivity contribution >= 4 is 21.7 Å². The minimum absolute atomic E-state index is 0.0640. The van der Waals surface area contributed by atoms with Crippen LogP contribution in [-0.4, -0.2) is 65.1 Å². The van der Waals surface area contributed by atoms with Gasteiger partial charge in [0.1, 0.15) is 12.1 Å². The van der Waals surface area contributed by atoms with Crippen LogP contribution in [-0.2, 0) is 10.0 Å². The molecule has 1 fully saturated rings. The van der Waals surface area contributed by atoms with Crippen LogP contribution in [0.5, 0.6) is 5.75 Å². The predicted molar refractivity (Wildman–Crippen MR) is 128 cm³/mol. The molecule has 0 spiro atoms. The first-order valence-corrected chi connectivity index (χ1v) is 12.4. The van der Waals surface area contributed by atoms with E-state index in [0.29, 0.717) is 37.6 Å². The van der Waals surface area contributed by atoms with E-state index >= 15 is 0 Å². The van der Waals surface area contributed by atoms with Crippen LogP contribution in [0.15, 0.2) is 90.1 Å². The van der Waals surface area contributed by atoms with Crippen molar-refractivity contribution in [1.82, 2.24) is 24.5 Å². The Morgan fingerprint density at radius 2 is 1.57 bits per heavy atom. The maximum atomic E-state index is 13.3. The molecule has 1 aliphatic rings. The van der Waals surface area contributed by atoms with Crippen LogP contribution in [0.3, 0.4) is 0 Å². The van der Waals surface area contributed by atoms with Gasteiger partial charge in [-0.3, -0.25) is 0 Å². The summed E-state index contributed by atoms with van der Waals surface area (Å²) < 4.78 is 34.9. The molecule has 5 rings (SSSR count). The highest BCUT2D eigenvalue weighted by Crippen LogP contribution is 2.23. The van der Waals surface area contributed by atoms with E-state index in [4.69, 9.17) is 4.74 Å². The van der Waals surface area contributed by atoms with E-state index in [-0.39, 0.29) is 10.5 Å². The Bertz CT molecular complexity index is 1400. The molecule has 1 aliphatic heterocycles. The van der Waals surface area contributed by atoms with Crippen LogP contribution in [0, 0.1) is 0 Å². The largest absolute Gasteiger partial charge is 0.423 e. The van der Waals surface area contributed by atoms with E-state index in [1.165, 1.54) is 33.5 Å². The van der Waals surface area contributed by atoms with Crippen molar-refractivity contribution < 1.29 is 17.9 Å². The number of tetrazole rings is 1. The molecular formula is C24H22N6O4S. The van der Waals surface area contributed by atoms with Crippen LogP contribution in [0.4, 0.5) is 5.69 Å². The SMILES string of the molecule is O=C(Oc1ccc(-n2cnnn2)cc1)c1cccc(S(=O)(=O)N2CCN(c3ccccc3)CC2)c1. The van der Waals surface area contributed by atoms with Crippen LogP contribution in [0.1, 0.15) is 10.4 Å². The van der Waals surface area contributed by atoms with Gasteiger partial charge in [-0.2, -0.15) is 4.31 Å². The number of nitrogens with zero attached hydrogens (tertiary/aromatic N) is 6. The second kappa shape index (κ2) is 9.65. The lowest BCUT2D eigenvalue weighted by Crippen LogP contribution is -2.48. The monoisotopic (exact) mass is 490 g/mol. The summed E-state index contributed by atoms with van der Waals surface area (Å²) in [5.41, 5.74) is 1.93. The van der Waals surface area contributed by atoms with Crippen molar-refractivity contribution in [1.29, 1.82) is 0 Å². The first kappa shape index (κ1) is 22.7. The number of para-hydroxylation sites is 1. The minimum Gasteiger partial charge on any atom is -0.423 e. The molecule has 0 radical (unpaired) electrons. The number of hydrogen-bond acceptors (Lipinski definition) is 8. The zero-order valence-electron chi connectivity index (χ0n) is 18.6. The molecule has 0 bridgehead atoms. The maximum Gasteiger partial charge on any atom is 0.343 e. The molecule has 4 aromatic rings. The number of benzene rings is 3. The van der Waals surface area contributed by atoms with E-state index in [9.17, 15) is 13.2 Å². The Balaban J connectivity index is 1.26. The van der Waals surface area contributed by atoms with Crippen molar-refractivity contribution in [2.75, 3.05) is 31.1 Å². The molecule has 0 aliphatic carbocycles. The zero-order chi connectivity index (χ0) is 24.3. The van der Waals surface area contributed by atoms with Crippen LogP contribution in [0.2, 0.25) is 0 Å². The quantitative estimate of drug-likeness (QED) is 0.299. The average Bonchev–Trinajstić information content (AvgIpc) is 3.45. The van der Waals surface area contributed by atoms with Gasteiger partial charge in [0, 0.05) is 31.9 Å². The van der Waals surface area contributed by atoms with Crippen LogP contribution >= 0.6 is 0 Å². The molecule has 0 amide bonds. The van der Waals surface area contributed by atoms with Crippen molar-refractivity contribution in [2.24, 2.45) is 0 Å². The van der Waals surface area contributed by atoms with Gasteiger partial charge >= 0.3 is 5.97 Å². The minimum atomic E-state index is -3.75. The Hall–Kier alpha value is -4.09. The Labute approximate surface area is 202 Å². The fourth-order valence-electron chi connectivity index (χ4n) is 3.87. The molecule has 0 saturated carbocycles. The van der Waals surface area contributed by atoms with Gasteiger partial charge in [-0.05, 0) is 65.0 Å². The highest BCUT2D eigenvalue weighted by molar-refractivity contribution is 7.89. The fourth-order valence-corrected chi connectivity index (χ4v) is 5.34. The lowest BCUT2D eigenvalue weighted by molar-refractivity contribution is 0.0734. The number of esters is 1. The van der Waals surface area contributed by atoms with Crippen molar-refractivity contribution in [3.63, 3.8) is 0 Å². The fraction of sp³-hybridized carbons (Fsp3) is 0.167. The van der Waals surface area contributed by atoms with Gasteiger partial charge in [0.25, 0.3) is 0 Å². The van der Waals surface area contributed by atoms with Gasteiger partial charge in [0.05, 0.1) is 16.1 Å². The molecular weight excluding hydrogens is 468 g/mol. The summed E-state index contributed by atoms with van der Waals surface area (Å²) in [7, 11) is -3.75. The van der Waals surface area contributed by atoms with Crippen molar-refractivity contribution in [3.8, 4) is 11.4 Å². The van der Waals surface area contributed by atoms with Gasteiger partial charge in [0.2, 0.25) is 10.0 Å². The lowest BCUT2D eigenvalue weighted by atomic mass is 10.2. The van der Waals surface area contributed by atoms with Crippen LogP contribution < -0.4 is 9.64 Å². The summed E-state index contributed by atoms with van der Waals surface area (Å²) in [4.78, 5) is 14.9. The van der Waals surface area contributed by atoms with Gasteiger partial charge in [-0.15, -0.1) is 5.10 Å². The molecule has 1 aromatic heterocycles. The number of aromatic nitrogens is 4. The Morgan fingerprint density at radius 1 is 0.829 bits per heavy atom. The first-order chi connectivity index (χ1) is 17.0. The number of anilines is 1. The summed E-state index contributed by atoms with van der Waals surface area (Å²) >= 11 is 0. The van der Waals surface area contributed by atoms with E-state index < -0.39 is 16.0 Å². The summed E-state index contributed by atoms with van der Waals surface area (Å²) in [6, 6.07) is 22.5. The molecule has 178 valence electrons. The number of hydrogen-bond donors (Lipinski definition) is 0. The summed E-state index contributed by atoms with van der Waals surface area (Å²) in [6.07, 6.45) is 1.45. The highest BCUT2D eigenvalue weighted by atomic mass is 32.2. The van der Waals surface area contributed by atoms with E-state index in [0.717, 1.165) is 5.69 Å². The van der Waals surface area contributed by atoms with Gasteiger partial charge in [-0.1, -0.05) is 24.3 Å². The number of sulfonamides is 1. The standard InChI is InChI=1S/C24H22N6O4S/c31-24(34-22-11-9-21(10-12-22)30-18-25-26-27-30)19-5-4-8-23(17-19)35(32,33)29-15-13-28(14-16-29)20-6-2-1-3-7-20/h1-12,17-18H,13-16H2. The number of carbonyl (C=O) groups is 1. The number of piperazine rings is 1. The van der Waals surface area contributed by atoms with Gasteiger partial charge < -0.3 is 9.64 Å². The molecule has 1 saturated heterocycles. The summed E-state index contributed by atoms with van der Waals surface area (Å²) in [6.45, 7) is 1.90. The molecule has 2 heterocycles. The average molecular weight is 491 g/mol. The molecule has 0 atom stereocenters. The summed E-state index contributed by atoms with van der Waals surface area (Å²) in [5.74, 6) is -0.330. The van der Waals surface area contributed by atoms with E-state index in [1.54, 1.807) is 30.3 Å². The Morgan fingerprint density at radius 3 is 2.26 bits per heavy atom.